The quantitative estimate of drug-likeness (QED) is 0.521. The minimum absolute atomic E-state index is 0.0000393. The summed E-state index contributed by atoms with van der Waals surface area (Å²) in [6, 6.07) is 7.07. The summed E-state index contributed by atoms with van der Waals surface area (Å²) in [6.45, 7) is 4.53. The van der Waals surface area contributed by atoms with Gasteiger partial charge in [-0.2, -0.15) is 0 Å². The Labute approximate surface area is 149 Å². The second-order valence-electron chi connectivity index (χ2n) is 6.58. The summed E-state index contributed by atoms with van der Waals surface area (Å²) in [6.07, 6.45) is 6.24. The number of fused-ring (bicyclic) bond motifs is 1. The van der Waals surface area contributed by atoms with Gasteiger partial charge in [-0.25, -0.2) is 0 Å². The molecule has 1 aromatic rings. The van der Waals surface area contributed by atoms with E-state index in [9.17, 15) is 14.4 Å². The van der Waals surface area contributed by atoms with Crippen LogP contribution in [-0.4, -0.2) is 35.2 Å². The van der Waals surface area contributed by atoms with E-state index in [-0.39, 0.29) is 30.3 Å². The molecule has 0 aromatic heterocycles. The van der Waals surface area contributed by atoms with Crippen LogP contribution in [0.4, 0.5) is 0 Å². The van der Waals surface area contributed by atoms with E-state index in [0.29, 0.717) is 24.0 Å². The third kappa shape index (κ3) is 4.91. The summed E-state index contributed by atoms with van der Waals surface area (Å²) >= 11 is 0. The molecular weight excluding hydrogens is 316 g/mol. The molecule has 1 aliphatic heterocycles. The van der Waals surface area contributed by atoms with Crippen LogP contribution in [0.5, 0.6) is 0 Å². The van der Waals surface area contributed by atoms with Crippen LogP contribution in [0.25, 0.3) is 0 Å². The fraction of sp³-hybridized carbons (Fsp3) is 0.550. The van der Waals surface area contributed by atoms with Crippen LogP contribution in [0.15, 0.2) is 24.3 Å². The molecule has 1 aromatic carbocycles. The predicted molar refractivity (Wildman–Crippen MR) is 97.4 cm³/mol. The molecule has 0 saturated heterocycles. The summed E-state index contributed by atoms with van der Waals surface area (Å²) in [7, 11) is 0. The van der Waals surface area contributed by atoms with Crippen molar-refractivity contribution in [1.29, 1.82) is 0 Å². The Hall–Kier alpha value is -2.17. The van der Waals surface area contributed by atoms with Crippen molar-refractivity contribution in [3.63, 3.8) is 0 Å². The second-order valence-corrected chi connectivity index (χ2v) is 6.58. The maximum Gasteiger partial charge on any atom is 0.261 e. The first-order valence-corrected chi connectivity index (χ1v) is 9.33. The van der Waals surface area contributed by atoms with Crippen molar-refractivity contribution in [2.24, 2.45) is 0 Å². The molecule has 1 aliphatic rings. The van der Waals surface area contributed by atoms with Crippen LogP contribution in [0, 0.1) is 0 Å². The van der Waals surface area contributed by atoms with Gasteiger partial charge in [-0.15, -0.1) is 0 Å². The first kappa shape index (κ1) is 19.2. The smallest absolute Gasteiger partial charge is 0.261 e. The highest BCUT2D eigenvalue weighted by Crippen LogP contribution is 2.22. The number of carbonyl (C=O) groups is 3. The van der Waals surface area contributed by atoms with Gasteiger partial charge in [0.05, 0.1) is 11.1 Å². The van der Waals surface area contributed by atoms with Crippen LogP contribution in [0.3, 0.4) is 0 Å². The monoisotopic (exact) mass is 344 g/mol. The van der Waals surface area contributed by atoms with Gasteiger partial charge in [0.2, 0.25) is 5.91 Å². The number of benzene rings is 1. The zero-order valence-electron chi connectivity index (χ0n) is 15.2. The molecule has 0 aliphatic carbocycles. The molecule has 136 valence electrons. The Morgan fingerprint density at radius 2 is 1.68 bits per heavy atom. The molecular formula is C20H28N2O3. The predicted octanol–water partition coefficient (Wildman–Crippen LogP) is 3.54. The largest absolute Gasteiger partial charge is 0.353 e. The van der Waals surface area contributed by atoms with Crippen molar-refractivity contribution >= 4 is 17.7 Å². The van der Waals surface area contributed by atoms with Gasteiger partial charge in [0.25, 0.3) is 11.8 Å². The Bertz CT molecular complexity index is 592. The highest BCUT2D eigenvalue weighted by atomic mass is 16.2. The number of hydrogen-bond acceptors (Lipinski definition) is 3. The van der Waals surface area contributed by atoms with E-state index in [1.807, 2.05) is 0 Å². The Morgan fingerprint density at radius 3 is 2.24 bits per heavy atom. The molecule has 0 radical (unpaired) electrons. The maximum atomic E-state index is 12.3. The molecule has 5 nitrogen and oxygen atoms in total. The average Bonchev–Trinajstić information content (AvgIpc) is 2.86. The zero-order valence-corrected chi connectivity index (χ0v) is 15.2. The van der Waals surface area contributed by atoms with Crippen LogP contribution in [-0.2, 0) is 4.79 Å². The fourth-order valence-electron chi connectivity index (χ4n) is 3.16. The maximum absolute atomic E-state index is 12.3. The van der Waals surface area contributed by atoms with Crippen molar-refractivity contribution in [1.82, 2.24) is 10.2 Å². The lowest BCUT2D eigenvalue weighted by atomic mass is 10.1. The van der Waals surface area contributed by atoms with E-state index >= 15 is 0 Å². The Balaban J connectivity index is 1.76. The zero-order chi connectivity index (χ0) is 18.2. The van der Waals surface area contributed by atoms with Gasteiger partial charge < -0.3 is 5.32 Å². The van der Waals surface area contributed by atoms with Gasteiger partial charge in [-0.3, -0.25) is 19.3 Å². The number of nitrogens with one attached hydrogen (secondary N) is 1. The van der Waals surface area contributed by atoms with Crippen LogP contribution >= 0.6 is 0 Å². The summed E-state index contributed by atoms with van der Waals surface area (Å²) in [5, 5.41) is 3.06. The molecule has 2 rings (SSSR count). The van der Waals surface area contributed by atoms with Gasteiger partial charge in [0.1, 0.15) is 0 Å². The molecule has 0 fully saturated rings. The molecule has 1 atom stereocenters. The standard InChI is InChI=1S/C20H28N2O3/c1-3-5-6-10-15(4-2)21-18(23)13-9-14-22-19(24)16-11-7-8-12-17(16)20(22)25/h7-8,11-12,15H,3-6,9-10,13-14H2,1-2H3,(H,21,23). The molecule has 5 heteroatoms. The first-order chi connectivity index (χ1) is 12.1. The molecule has 1 heterocycles. The van der Waals surface area contributed by atoms with E-state index in [1.54, 1.807) is 24.3 Å². The normalized spacial score (nSPS) is 14.6. The van der Waals surface area contributed by atoms with E-state index in [2.05, 4.69) is 19.2 Å². The second kappa shape index (κ2) is 9.35. The fourth-order valence-corrected chi connectivity index (χ4v) is 3.16. The van der Waals surface area contributed by atoms with Crippen LogP contribution in [0.2, 0.25) is 0 Å². The van der Waals surface area contributed by atoms with Gasteiger partial charge in [0, 0.05) is 19.0 Å². The molecule has 1 N–H and O–H groups in total. The SMILES string of the molecule is CCCCCC(CC)NC(=O)CCCN1C(=O)c2ccccc2C1=O. The Morgan fingerprint density at radius 1 is 1.04 bits per heavy atom. The van der Waals surface area contributed by atoms with E-state index in [1.165, 1.54) is 17.7 Å². The van der Waals surface area contributed by atoms with Crippen molar-refractivity contribution < 1.29 is 14.4 Å². The molecule has 1 unspecified atom stereocenters. The minimum atomic E-state index is -0.257. The van der Waals surface area contributed by atoms with Crippen molar-refractivity contribution in [2.45, 2.75) is 64.8 Å². The first-order valence-electron chi connectivity index (χ1n) is 9.33. The third-order valence-electron chi connectivity index (χ3n) is 4.68. The average molecular weight is 344 g/mol. The number of amides is 3. The number of unbranched alkanes of at least 4 members (excludes halogenated alkanes) is 2. The van der Waals surface area contributed by atoms with Gasteiger partial charge in [-0.05, 0) is 31.4 Å². The van der Waals surface area contributed by atoms with E-state index in [0.717, 1.165) is 19.3 Å². The summed E-state index contributed by atoms with van der Waals surface area (Å²) in [5.41, 5.74) is 0.915. The summed E-state index contributed by atoms with van der Waals surface area (Å²) in [4.78, 5) is 37.9. The van der Waals surface area contributed by atoms with E-state index in [4.69, 9.17) is 0 Å². The molecule has 0 spiro atoms. The lowest BCUT2D eigenvalue weighted by molar-refractivity contribution is -0.122. The lowest BCUT2D eigenvalue weighted by Gasteiger charge is -2.18. The Kier molecular flexibility index (Phi) is 7.16. The number of carbonyl (C=O) groups excluding carboxylic acids is 3. The van der Waals surface area contributed by atoms with E-state index < -0.39 is 0 Å². The highest BCUT2D eigenvalue weighted by molar-refractivity contribution is 6.21. The minimum Gasteiger partial charge on any atom is -0.353 e. The summed E-state index contributed by atoms with van der Waals surface area (Å²) < 4.78 is 0. The molecule has 0 saturated carbocycles. The highest BCUT2D eigenvalue weighted by Gasteiger charge is 2.34. The molecule has 25 heavy (non-hydrogen) atoms. The molecule has 0 bridgehead atoms. The number of hydrogen-bond donors (Lipinski definition) is 1. The van der Waals surface area contributed by atoms with Gasteiger partial charge >= 0.3 is 0 Å². The van der Waals surface area contributed by atoms with Gasteiger partial charge in [-0.1, -0.05) is 45.2 Å². The number of imide groups is 1. The number of nitrogens with zero attached hydrogens (tertiary/aromatic N) is 1. The third-order valence-corrected chi connectivity index (χ3v) is 4.68. The molecule has 3 amide bonds. The van der Waals surface area contributed by atoms with Crippen molar-refractivity contribution in [3.8, 4) is 0 Å². The topological polar surface area (TPSA) is 66.5 Å². The van der Waals surface area contributed by atoms with Gasteiger partial charge in [0.15, 0.2) is 0 Å². The van der Waals surface area contributed by atoms with Crippen LogP contribution < -0.4 is 5.32 Å². The van der Waals surface area contributed by atoms with Crippen molar-refractivity contribution in [3.05, 3.63) is 35.4 Å². The van der Waals surface area contributed by atoms with Crippen LogP contribution in [0.1, 0.15) is 79.5 Å². The summed E-state index contributed by atoms with van der Waals surface area (Å²) in [5.74, 6) is -0.515. The lowest BCUT2D eigenvalue weighted by Crippen LogP contribution is -2.35. The van der Waals surface area contributed by atoms with Crippen molar-refractivity contribution in [2.75, 3.05) is 6.54 Å². The number of rotatable bonds is 10.